The maximum absolute atomic E-state index is 12.6. The lowest BCUT2D eigenvalue weighted by molar-refractivity contribution is 0.104. The predicted molar refractivity (Wildman–Crippen MR) is 124 cm³/mol. The first-order chi connectivity index (χ1) is 13.7. The highest BCUT2D eigenvalue weighted by atomic mass is 79.9. The lowest BCUT2D eigenvalue weighted by atomic mass is 10.1. The molecule has 0 heterocycles. The van der Waals surface area contributed by atoms with Crippen LogP contribution in [0, 0.1) is 0 Å². The van der Waals surface area contributed by atoms with Gasteiger partial charge in [0.25, 0.3) is 10.0 Å². The fraction of sp³-hybridized carbons (Fsp3) is 0. The van der Waals surface area contributed by atoms with Gasteiger partial charge in [-0.1, -0.05) is 45.7 Å². The van der Waals surface area contributed by atoms with Crippen LogP contribution in [0.25, 0.3) is 6.08 Å². The summed E-state index contributed by atoms with van der Waals surface area (Å²) in [5.41, 5.74) is 1.66. The molecule has 0 saturated carbocycles. The molecule has 0 amide bonds. The minimum atomic E-state index is -3.79. The van der Waals surface area contributed by atoms with Crippen molar-refractivity contribution in [1.29, 1.82) is 0 Å². The summed E-state index contributed by atoms with van der Waals surface area (Å²) in [5.74, 6) is -0.191. The molecule has 4 nitrogen and oxygen atoms in total. The lowest BCUT2D eigenvalue weighted by Crippen LogP contribution is -2.13. The van der Waals surface area contributed by atoms with Crippen molar-refractivity contribution in [3.8, 4) is 0 Å². The molecule has 0 aliphatic rings. The molecule has 3 rings (SSSR count). The molecular weight excluding hydrogens is 542 g/mol. The van der Waals surface area contributed by atoms with E-state index in [9.17, 15) is 13.2 Å². The summed E-state index contributed by atoms with van der Waals surface area (Å²) >= 11 is 12.4. The fourth-order valence-electron chi connectivity index (χ4n) is 2.44. The average molecular weight is 556 g/mol. The van der Waals surface area contributed by atoms with Crippen LogP contribution in [0.2, 0.25) is 5.02 Å². The van der Waals surface area contributed by atoms with Gasteiger partial charge in [0, 0.05) is 25.2 Å². The molecule has 0 aliphatic carbocycles. The van der Waals surface area contributed by atoms with Gasteiger partial charge in [0.05, 0.1) is 0 Å². The Balaban J connectivity index is 1.73. The van der Waals surface area contributed by atoms with Crippen LogP contribution >= 0.6 is 43.5 Å². The summed E-state index contributed by atoms with van der Waals surface area (Å²) in [5, 5.41) is 0.626. The molecule has 3 aromatic carbocycles. The third kappa shape index (κ3) is 5.79. The molecule has 0 fully saturated rings. The molecule has 8 heteroatoms. The Morgan fingerprint density at radius 3 is 2.24 bits per heavy atom. The van der Waals surface area contributed by atoms with E-state index in [1.54, 1.807) is 54.6 Å². The number of anilines is 1. The number of benzene rings is 3. The zero-order valence-corrected chi connectivity index (χ0v) is 19.5. The highest BCUT2D eigenvalue weighted by Gasteiger charge is 2.18. The number of rotatable bonds is 6. The Morgan fingerprint density at radius 1 is 0.931 bits per heavy atom. The van der Waals surface area contributed by atoms with E-state index in [1.807, 2.05) is 12.1 Å². The molecule has 0 aliphatic heterocycles. The van der Waals surface area contributed by atoms with E-state index in [0.717, 1.165) is 5.56 Å². The summed E-state index contributed by atoms with van der Waals surface area (Å²) < 4.78 is 28.9. The average Bonchev–Trinajstić information content (AvgIpc) is 2.69. The third-order valence-electron chi connectivity index (χ3n) is 3.90. The van der Waals surface area contributed by atoms with E-state index < -0.39 is 10.0 Å². The number of carbonyl (C=O) groups excluding carboxylic acids is 1. The first-order valence-corrected chi connectivity index (χ1v) is 11.8. The van der Waals surface area contributed by atoms with E-state index >= 15 is 0 Å². The van der Waals surface area contributed by atoms with Crippen LogP contribution in [0.5, 0.6) is 0 Å². The van der Waals surface area contributed by atoms with Crippen molar-refractivity contribution in [2.75, 3.05) is 4.72 Å². The predicted octanol–water partition coefficient (Wildman–Crippen LogP) is 6.56. The van der Waals surface area contributed by atoms with E-state index in [1.165, 1.54) is 12.1 Å². The smallest absolute Gasteiger partial charge is 0.263 e. The monoisotopic (exact) mass is 553 g/mol. The summed E-state index contributed by atoms with van der Waals surface area (Å²) in [6, 6.07) is 18.2. The van der Waals surface area contributed by atoms with Crippen molar-refractivity contribution in [2.45, 2.75) is 4.90 Å². The number of allylic oxidation sites excluding steroid dienone is 1. The number of hydrogen-bond acceptors (Lipinski definition) is 3. The second-order valence-electron chi connectivity index (χ2n) is 6.01. The Hall–Kier alpha value is -1.93. The second-order valence-corrected chi connectivity index (χ2v) is 9.86. The molecule has 0 spiro atoms. The van der Waals surface area contributed by atoms with Crippen LogP contribution in [0.4, 0.5) is 5.69 Å². The van der Waals surface area contributed by atoms with E-state index in [0.29, 0.717) is 25.2 Å². The maximum Gasteiger partial charge on any atom is 0.263 e. The Bertz CT molecular complexity index is 1180. The van der Waals surface area contributed by atoms with Crippen molar-refractivity contribution in [2.24, 2.45) is 0 Å². The minimum Gasteiger partial charge on any atom is -0.289 e. The second kappa shape index (κ2) is 9.26. The zero-order valence-electron chi connectivity index (χ0n) is 14.8. The van der Waals surface area contributed by atoms with Gasteiger partial charge in [-0.3, -0.25) is 9.52 Å². The Kier molecular flexibility index (Phi) is 6.95. The van der Waals surface area contributed by atoms with Crippen LogP contribution in [0.15, 0.2) is 86.6 Å². The standard InChI is InChI=1S/C21H14Br2ClNO3S/c22-16-6-11-19(23)21(13-16)29(27,28)25-18-9-4-15(5-10-18)20(26)12-3-14-1-7-17(24)8-2-14/h1-13,25H/b12-3+. The van der Waals surface area contributed by atoms with Crippen LogP contribution < -0.4 is 4.72 Å². The van der Waals surface area contributed by atoms with Crippen LogP contribution in [-0.2, 0) is 10.0 Å². The van der Waals surface area contributed by atoms with Gasteiger partial charge in [-0.15, -0.1) is 0 Å². The van der Waals surface area contributed by atoms with Crippen LogP contribution in [-0.4, -0.2) is 14.2 Å². The zero-order chi connectivity index (χ0) is 21.0. The van der Waals surface area contributed by atoms with Crippen molar-refractivity contribution in [1.82, 2.24) is 0 Å². The van der Waals surface area contributed by atoms with E-state index in [4.69, 9.17) is 11.6 Å². The maximum atomic E-state index is 12.6. The quantitative estimate of drug-likeness (QED) is 0.277. The molecule has 0 saturated heterocycles. The molecule has 0 bridgehead atoms. The van der Waals surface area contributed by atoms with Gasteiger partial charge in [0.15, 0.2) is 5.78 Å². The largest absolute Gasteiger partial charge is 0.289 e. The number of nitrogens with one attached hydrogen (secondary N) is 1. The van der Waals surface area contributed by atoms with Gasteiger partial charge in [0.1, 0.15) is 4.90 Å². The van der Waals surface area contributed by atoms with Gasteiger partial charge < -0.3 is 0 Å². The molecule has 1 N–H and O–H groups in total. The number of ketones is 1. The number of sulfonamides is 1. The molecule has 29 heavy (non-hydrogen) atoms. The molecule has 0 atom stereocenters. The van der Waals surface area contributed by atoms with E-state index in [2.05, 4.69) is 36.6 Å². The molecule has 3 aromatic rings. The highest BCUT2D eigenvalue weighted by Crippen LogP contribution is 2.27. The van der Waals surface area contributed by atoms with Crippen molar-refractivity contribution in [3.05, 3.63) is 97.9 Å². The summed E-state index contributed by atoms with van der Waals surface area (Å²) in [7, 11) is -3.79. The Morgan fingerprint density at radius 2 is 1.59 bits per heavy atom. The van der Waals surface area contributed by atoms with Crippen LogP contribution in [0.1, 0.15) is 15.9 Å². The first-order valence-electron chi connectivity index (χ1n) is 8.30. The molecular formula is C21H14Br2ClNO3S. The normalized spacial score (nSPS) is 11.6. The molecule has 0 aromatic heterocycles. The van der Waals surface area contributed by atoms with Crippen molar-refractivity contribution in [3.63, 3.8) is 0 Å². The third-order valence-corrected chi connectivity index (χ3v) is 7.02. The minimum absolute atomic E-state index is 0.109. The number of hydrogen-bond donors (Lipinski definition) is 1. The Labute approximate surface area is 190 Å². The molecule has 148 valence electrons. The van der Waals surface area contributed by atoms with Gasteiger partial charge in [0.2, 0.25) is 0 Å². The molecule has 0 unspecified atom stereocenters. The van der Waals surface area contributed by atoms with Gasteiger partial charge in [-0.2, -0.15) is 0 Å². The summed E-state index contributed by atoms with van der Waals surface area (Å²) in [6.07, 6.45) is 3.15. The van der Waals surface area contributed by atoms with Crippen LogP contribution in [0.3, 0.4) is 0 Å². The SMILES string of the molecule is O=C(/C=C/c1ccc(Cl)cc1)c1ccc(NS(=O)(=O)c2cc(Br)ccc2Br)cc1. The van der Waals surface area contributed by atoms with Gasteiger partial charge in [-0.25, -0.2) is 8.42 Å². The number of carbonyl (C=O) groups is 1. The number of halogens is 3. The van der Waals surface area contributed by atoms with Gasteiger partial charge >= 0.3 is 0 Å². The summed E-state index contributed by atoms with van der Waals surface area (Å²) in [6.45, 7) is 0. The topological polar surface area (TPSA) is 63.2 Å². The van der Waals surface area contributed by atoms with E-state index in [-0.39, 0.29) is 10.7 Å². The molecule has 0 radical (unpaired) electrons. The van der Waals surface area contributed by atoms with Crippen molar-refractivity contribution < 1.29 is 13.2 Å². The lowest BCUT2D eigenvalue weighted by Gasteiger charge is -2.10. The summed E-state index contributed by atoms with van der Waals surface area (Å²) in [4.78, 5) is 12.4. The highest BCUT2D eigenvalue weighted by molar-refractivity contribution is 9.11. The first kappa shape index (κ1) is 21.8. The fourth-order valence-corrected chi connectivity index (χ4v) is 5.13. The van der Waals surface area contributed by atoms with Gasteiger partial charge in [-0.05, 0) is 82.2 Å². The van der Waals surface area contributed by atoms with Crippen molar-refractivity contribution >= 4 is 71.0 Å².